The van der Waals surface area contributed by atoms with Crippen LogP contribution < -0.4 is 10.1 Å². The molecular formula is C35H39F2N3O5. The highest BCUT2D eigenvalue weighted by atomic mass is 19.1. The van der Waals surface area contributed by atoms with Gasteiger partial charge in [0.2, 0.25) is 5.91 Å². The molecule has 1 aliphatic rings. The number of pyridine rings is 1. The molecule has 1 amide bonds. The van der Waals surface area contributed by atoms with Crippen LogP contribution in [-0.4, -0.2) is 38.7 Å². The monoisotopic (exact) mass is 619 g/mol. The highest BCUT2D eigenvalue weighted by molar-refractivity contribution is 5.99. The Kier molecular flexibility index (Phi) is 8.98. The molecule has 3 heterocycles. The average molecular weight is 620 g/mol. The summed E-state index contributed by atoms with van der Waals surface area (Å²) in [5.74, 6) is -1.95. The van der Waals surface area contributed by atoms with Crippen molar-refractivity contribution >= 4 is 22.9 Å². The number of carboxylic acids is 1. The predicted octanol–water partition coefficient (Wildman–Crippen LogP) is 6.65. The summed E-state index contributed by atoms with van der Waals surface area (Å²) in [4.78, 5) is 30.3. The third-order valence-corrected chi connectivity index (χ3v) is 8.18. The summed E-state index contributed by atoms with van der Waals surface area (Å²) in [5, 5.41) is 13.9. The van der Waals surface area contributed by atoms with Crippen LogP contribution in [0.15, 0.2) is 36.4 Å². The van der Waals surface area contributed by atoms with E-state index in [1.54, 1.807) is 39.8 Å². The lowest BCUT2D eigenvalue weighted by molar-refractivity contribution is -0.160. The fourth-order valence-corrected chi connectivity index (χ4v) is 6.00. The van der Waals surface area contributed by atoms with E-state index in [0.717, 1.165) is 28.8 Å². The van der Waals surface area contributed by atoms with E-state index in [2.05, 4.69) is 5.32 Å². The van der Waals surface area contributed by atoms with Gasteiger partial charge in [-0.15, -0.1) is 0 Å². The maximum atomic E-state index is 15.6. The maximum absolute atomic E-state index is 15.6. The van der Waals surface area contributed by atoms with Gasteiger partial charge in [0.25, 0.3) is 0 Å². The Balaban J connectivity index is 1.60. The van der Waals surface area contributed by atoms with Crippen LogP contribution in [0.25, 0.3) is 22.2 Å². The van der Waals surface area contributed by atoms with Crippen molar-refractivity contribution in [2.24, 2.45) is 7.05 Å². The molecule has 0 saturated carbocycles. The van der Waals surface area contributed by atoms with E-state index in [-0.39, 0.29) is 30.4 Å². The van der Waals surface area contributed by atoms with Crippen molar-refractivity contribution in [3.05, 3.63) is 81.7 Å². The van der Waals surface area contributed by atoms with Crippen LogP contribution in [0.3, 0.4) is 0 Å². The molecule has 0 fully saturated rings. The molecule has 45 heavy (non-hydrogen) atoms. The second-order valence-corrected chi connectivity index (χ2v) is 12.6. The van der Waals surface area contributed by atoms with Gasteiger partial charge in [0, 0.05) is 53.5 Å². The number of rotatable bonds is 9. The summed E-state index contributed by atoms with van der Waals surface area (Å²) in [6.45, 7) is 9.71. The Morgan fingerprint density at radius 3 is 2.53 bits per heavy atom. The second-order valence-electron chi connectivity index (χ2n) is 12.6. The number of carbonyl (C=O) groups is 2. The number of carbonyl (C=O) groups excluding carboxylic acids is 1. The number of hydrogen-bond acceptors (Lipinski definition) is 5. The minimum Gasteiger partial charge on any atom is -0.490 e. The highest BCUT2D eigenvalue weighted by Gasteiger charge is 2.34. The smallest absolute Gasteiger partial charge is 0.337 e. The summed E-state index contributed by atoms with van der Waals surface area (Å²) in [6, 6.07) is 9.26. The first-order chi connectivity index (χ1) is 21.2. The van der Waals surface area contributed by atoms with Crippen molar-refractivity contribution in [2.45, 2.75) is 78.6 Å². The van der Waals surface area contributed by atoms with Crippen LogP contribution >= 0.6 is 0 Å². The number of halogens is 2. The number of ether oxygens (including phenoxy) is 2. The zero-order valence-electron chi connectivity index (χ0n) is 26.5. The van der Waals surface area contributed by atoms with E-state index in [9.17, 15) is 19.1 Å². The standard InChI is InChI=1S/C35H39F2N3O5/c1-19-24-8-7-15-44-31(24)27(37)17-25(19)30-26-16-23(13-14-28(41)38-18-21-9-11-22(36)12-10-21)40(6)33(26)39-20(2)29(30)32(34(42)43)45-35(3,4)5/h9-12,16-17,32H,7-8,13-15,18H2,1-6H3,(H,38,41)(H,42,43)/t32-/m1/s1. The summed E-state index contributed by atoms with van der Waals surface area (Å²) >= 11 is 0. The first-order valence-electron chi connectivity index (χ1n) is 15.1. The fourth-order valence-electron chi connectivity index (χ4n) is 6.00. The van der Waals surface area contributed by atoms with Crippen molar-refractivity contribution in [2.75, 3.05) is 6.61 Å². The molecule has 2 aromatic carbocycles. The molecule has 0 spiro atoms. The number of nitrogens with one attached hydrogen (secondary N) is 1. The molecule has 0 unspecified atom stereocenters. The van der Waals surface area contributed by atoms with E-state index in [1.807, 2.05) is 24.6 Å². The molecule has 0 bridgehead atoms. The minimum absolute atomic E-state index is 0.174. The van der Waals surface area contributed by atoms with E-state index in [1.165, 1.54) is 18.2 Å². The van der Waals surface area contributed by atoms with E-state index >= 15 is 4.39 Å². The molecule has 0 aliphatic carbocycles. The molecule has 238 valence electrons. The summed E-state index contributed by atoms with van der Waals surface area (Å²) in [5.41, 5.74) is 4.86. The third kappa shape index (κ3) is 6.71. The van der Waals surface area contributed by atoms with Crippen LogP contribution in [0.2, 0.25) is 0 Å². The Bertz CT molecular complexity index is 1770. The average Bonchev–Trinajstić information content (AvgIpc) is 3.30. The van der Waals surface area contributed by atoms with Crippen molar-refractivity contribution < 1.29 is 33.0 Å². The quantitative estimate of drug-likeness (QED) is 0.218. The lowest BCUT2D eigenvalue weighted by atomic mass is 9.86. The van der Waals surface area contributed by atoms with Crippen LogP contribution in [0, 0.1) is 25.5 Å². The van der Waals surface area contributed by atoms with Gasteiger partial charge in [-0.1, -0.05) is 12.1 Å². The first kappa shape index (κ1) is 32.1. The largest absolute Gasteiger partial charge is 0.490 e. The van der Waals surface area contributed by atoms with Crippen molar-refractivity contribution in [1.29, 1.82) is 0 Å². The predicted molar refractivity (Wildman–Crippen MR) is 167 cm³/mol. The van der Waals surface area contributed by atoms with E-state index < -0.39 is 23.5 Å². The zero-order chi connectivity index (χ0) is 32.6. The first-order valence-corrected chi connectivity index (χ1v) is 15.1. The number of hydrogen-bond donors (Lipinski definition) is 2. The van der Waals surface area contributed by atoms with Gasteiger partial charge >= 0.3 is 5.97 Å². The van der Waals surface area contributed by atoms with Gasteiger partial charge in [0.15, 0.2) is 17.7 Å². The zero-order valence-corrected chi connectivity index (χ0v) is 26.5. The number of nitrogens with zero attached hydrogens (tertiary/aromatic N) is 2. The molecule has 4 aromatic rings. The number of amides is 1. The van der Waals surface area contributed by atoms with E-state index in [0.29, 0.717) is 52.9 Å². The molecule has 2 aromatic heterocycles. The Labute approximate surface area is 261 Å². The summed E-state index contributed by atoms with van der Waals surface area (Å²) in [6.07, 6.45) is 0.580. The molecule has 0 radical (unpaired) electrons. The molecule has 2 N–H and O–H groups in total. The Morgan fingerprint density at radius 1 is 1.16 bits per heavy atom. The lowest BCUT2D eigenvalue weighted by Crippen LogP contribution is -2.28. The molecule has 5 rings (SSSR count). The third-order valence-electron chi connectivity index (χ3n) is 8.18. The minimum atomic E-state index is -1.37. The van der Waals surface area contributed by atoms with Crippen LogP contribution in [0.4, 0.5) is 8.78 Å². The Morgan fingerprint density at radius 2 is 1.87 bits per heavy atom. The van der Waals surface area contributed by atoms with Crippen LogP contribution in [-0.2, 0) is 40.8 Å². The topological polar surface area (TPSA) is 103 Å². The summed E-state index contributed by atoms with van der Waals surface area (Å²) in [7, 11) is 1.85. The SMILES string of the molecule is Cc1nc2c(cc(CCC(=O)NCc3ccc(F)cc3)n2C)c(-c2cc(F)c3c(c2C)CCCO3)c1[C@@H](OC(C)(C)C)C(=O)O. The van der Waals surface area contributed by atoms with Crippen molar-refractivity contribution in [3.8, 4) is 16.9 Å². The number of aromatic nitrogens is 2. The molecular weight excluding hydrogens is 580 g/mol. The molecule has 1 atom stereocenters. The van der Waals surface area contributed by atoms with Crippen LogP contribution in [0.5, 0.6) is 5.75 Å². The lowest BCUT2D eigenvalue weighted by Gasteiger charge is -2.29. The number of carboxylic acid groups (broad SMARTS) is 1. The molecule has 1 aliphatic heterocycles. The van der Waals surface area contributed by atoms with E-state index in [4.69, 9.17) is 14.5 Å². The second kappa shape index (κ2) is 12.6. The summed E-state index contributed by atoms with van der Waals surface area (Å²) < 4.78 is 42.5. The van der Waals surface area contributed by atoms with Crippen molar-refractivity contribution in [1.82, 2.24) is 14.9 Å². The van der Waals surface area contributed by atoms with Gasteiger partial charge < -0.3 is 24.5 Å². The van der Waals surface area contributed by atoms with Gasteiger partial charge in [-0.25, -0.2) is 18.6 Å². The molecule has 8 nitrogen and oxygen atoms in total. The molecule has 0 saturated heterocycles. The van der Waals surface area contributed by atoms with Gasteiger partial charge in [-0.3, -0.25) is 4.79 Å². The number of aliphatic carboxylic acids is 1. The van der Waals surface area contributed by atoms with Crippen molar-refractivity contribution in [3.63, 3.8) is 0 Å². The maximum Gasteiger partial charge on any atom is 0.337 e. The number of fused-ring (bicyclic) bond motifs is 2. The van der Waals surface area contributed by atoms with Gasteiger partial charge in [-0.2, -0.15) is 0 Å². The fraction of sp³-hybridized carbons (Fsp3) is 0.400. The number of benzene rings is 2. The number of aryl methyl sites for hydroxylation is 3. The van der Waals surface area contributed by atoms with Gasteiger partial charge in [-0.05, 0) is 94.8 Å². The highest BCUT2D eigenvalue weighted by Crippen LogP contribution is 2.44. The van der Waals surface area contributed by atoms with Gasteiger partial charge in [0.05, 0.1) is 12.2 Å². The van der Waals surface area contributed by atoms with Crippen LogP contribution in [0.1, 0.15) is 73.4 Å². The normalized spacial score (nSPS) is 13.8. The molecule has 10 heteroatoms. The van der Waals surface area contributed by atoms with Gasteiger partial charge in [0.1, 0.15) is 11.5 Å². The Hall–Kier alpha value is -4.31.